The van der Waals surface area contributed by atoms with Gasteiger partial charge in [-0.25, -0.2) is 14.6 Å². The van der Waals surface area contributed by atoms with Crippen LogP contribution in [0.2, 0.25) is 0 Å². The van der Waals surface area contributed by atoms with Crippen LogP contribution in [-0.4, -0.2) is 43.7 Å². The van der Waals surface area contributed by atoms with Gasteiger partial charge in [0, 0.05) is 6.42 Å². The molecular formula is C18H20N2O5. The topological polar surface area (TPSA) is 85.3 Å². The van der Waals surface area contributed by atoms with Crippen LogP contribution in [0.5, 0.6) is 0 Å². The molecule has 0 aliphatic carbocycles. The minimum Gasteiger partial charge on any atom is -0.467 e. The van der Waals surface area contributed by atoms with Gasteiger partial charge in [0.25, 0.3) is 0 Å². The zero-order chi connectivity index (χ0) is 18.6. The van der Waals surface area contributed by atoms with Crippen LogP contribution in [0, 0.1) is 6.92 Å². The maximum atomic E-state index is 12.3. The molecule has 132 valence electrons. The van der Waals surface area contributed by atoms with Gasteiger partial charge in [0.1, 0.15) is 5.71 Å². The van der Waals surface area contributed by atoms with Crippen LogP contribution in [0.1, 0.15) is 18.9 Å². The molecular weight excluding hydrogens is 324 g/mol. The first-order valence-electron chi connectivity index (χ1n) is 7.78. The van der Waals surface area contributed by atoms with Crippen molar-refractivity contribution in [3.63, 3.8) is 0 Å². The van der Waals surface area contributed by atoms with Crippen molar-refractivity contribution in [2.75, 3.05) is 19.2 Å². The fourth-order valence-corrected chi connectivity index (χ4v) is 2.41. The van der Waals surface area contributed by atoms with Crippen LogP contribution in [-0.2, 0) is 23.9 Å². The van der Waals surface area contributed by atoms with E-state index in [-0.39, 0.29) is 23.5 Å². The SMILES string of the molecule is CCC(=O)C1=NN(c2ccc(C)cc2)C(C(=O)OC)C(C(=O)OC)=C1. The Morgan fingerprint density at radius 1 is 1.12 bits per heavy atom. The van der Waals surface area contributed by atoms with E-state index in [1.807, 2.05) is 19.1 Å². The van der Waals surface area contributed by atoms with Crippen molar-refractivity contribution in [1.82, 2.24) is 0 Å². The Labute approximate surface area is 145 Å². The van der Waals surface area contributed by atoms with Crippen molar-refractivity contribution < 1.29 is 23.9 Å². The molecule has 1 atom stereocenters. The van der Waals surface area contributed by atoms with Gasteiger partial charge in [0.15, 0.2) is 11.8 Å². The molecule has 25 heavy (non-hydrogen) atoms. The van der Waals surface area contributed by atoms with Crippen molar-refractivity contribution in [3.8, 4) is 0 Å². The number of esters is 2. The van der Waals surface area contributed by atoms with Crippen molar-refractivity contribution in [2.24, 2.45) is 5.10 Å². The third-order valence-electron chi connectivity index (χ3n) is 3.80. The molecule has 2 rings (SSSR count). The van der Waals surface area contributed by atoms with Gasteiger partial charge in [-0.1, -0.05) is 24.6 Å². The summed E-state index contributed by atoms with van der Waals surface area (Å²) >= 11 is 0. The summed E-state index contributed by atoms with van der Waals surface area (Å²) in [5.74, 6) is -1.64. The highest BCUT2D eigenvalue weighted by Gasteiger charge is 2.39. The summed E-state index contributed by atoms with van der Waals surface area (Å²) in [7, 11) is 2.43. The Bertz CT molecular complexity index is 749. The van der Waals surface area contributed by atoms with E-state index in [1.54, 1.807) is 19.1 Å². The van der Waals surface area contributed by atoms with Crippen LogP contribution in [0.3, 0.4) is 0 Å². The number of Topliss-reactive ketones (excluding diaryl/α,β-unsaturated/α-hetero) is 1. The Balaban J connectivity index is 2.62. The molecule has 0 aromatic heterocycles. The van der Waals surface area contributed by atoms with Crippen molar-refractivity contribution in [3.05, 3.63) is 41.5 Å². The number of hydrogen-bond acceptors (Lipinski definition) is 7. The van der Waals surface area contributed by atoms with Crippen LogP contribution in [0.15, 0.2) is 41.0 Å². The summed E-state index contributed by atoms with van der Waals surface area (Å²) in [6, 6.07) is 6.06. The highest BCUT2D eigenvalue weighted by molar-refractivity contribution is 6.45. The second kappa shape index (κ2) is 7.74. The molecule has 1 aromatic rings. The van der Waals surface area contributed by atoms with E-state index in [0.29, 0.717) is 5.69 Å². The molecule has 0 fully saturated rings. The van der Waals surface area contributed by atoms with E-state index >= 15 is 0 Å². The van der Waals surface area contributed by atoms with Gasteiger partial charge in [-0.3, -0.25) is 4.79 Å². The third kappa shape index (κ3) is 3.76. The first-order chi connectivity index (χ1) is 11.9. The number of ether oxygens (including phenoxy) is 2. The molecule has 0 saturated heterocycles. The van der Waals surface area contributed by atoms with Crippen LogP contribution in [0.25, 0.3) is 0 Å². The Kier molecular flexibility index (Phi) is 5.69. The average Bonchev–Trinajstić information content (AvgIpc) is 2.65. The van der Waals surface area contributed by atoms with E-state index < -0.39 is 18.0 Å². The summed E-state index contributed by atoms with van der Waals surface area (Å²) in [4.78, 5) is 36.7. The lowest BCUT2D eigenvalue weighted by Crippen LogP contribution is -2.46. The number of hydrazone groups is 1. The van der Waals surface area contributed by atoms with E-state index in [0.717, 1.165) is 5.56 Å². The zero-order valence-corrected chi connectivity index (χ0v) is 14.6. The molecule has 1 aliphatic heterocycles. The van der Waals surface area contributed by atoms with Gasteiger partial charge in [0.2, 0.25) is 0 Å². The lowest BCUT2D eigenvalue weighted by molar-refractivity contribution is -0.144. The first kappa shape index (κ1) is 18.4. The molecule has 1 heterocycles. The summed E-state index contributed by atoms with van der Waals surface area (Å²) in [5.41, 5.74) is 1.66. The summed E-state index contributed by atoms with van der Waals surface area (Å²) in [5, 5.41) is 5.61. The number of carbonyl (C=O) groups excluding carboxylic acids is 3. The Morgan fingerprint density at radius 2 is 1.76 bits per heavy atom. The molecule has 0 bridgehead atoms. The molecule has 1 aliphatic rings. The first-order valence-corrected chi connectivity index (χ1v) is 7.78. The molecule has 7 heteroatoms. The van der Waals surface area contributed by atoms with Gasteiger partial charge < -0.3 is 9.47 Å². The molecule has 0 amide bonds. The Morgan fingerprint density at radius 3 is 2.28 bits per heavy atom. The quantitative estimate of drug-likeness (QED) is 0.757. The van der Waals surface area contributed by atoms with Crippen molar-refractivity contribution in [1.29, 1.82) is 0 Å². The number of hydrogen-bond donors (Lipinski definition) is 0. The normalized spacial score (nSPS) is 16.6. The summed E-state index contributed by atoms with van der Waals surface area (Å²) < 4.78 is 9.60. The molecule has 0 radical (unpaired) electrons. The third-order valence-corrected chi connectivity index (χ3v) is 3.80. The predicted octanol–water partition coefficient (Wildman–Crippen LogP) is 1.79. The average molecular weight is 344 g/mol. The van der Waals surface area contributed by atoms with Gasteiger partial charge in [-0.15, -0.1) is 0 Å². The fourth-order valence-electron chi connectivity index (χ4n) is 2.41. The molecule has 0 saturated carbocycles. The molecule has 0 spiro atoms. The molecule has 0 N–H and O–H groups in total. The standard InChI is InChI=1S/C18H20N2O5/c1-5-15(21)14-10-13(17(22)24-3)16(18(23)25-4)20(19-14)12-8-6-11(2)7-9-12/h6-10,16H,5H2,1-4H3. The number of nitrogens with zero attached hydrogens (tertiary/aromatic N) is 2. The molecule has 1 unspecified atom stereocenters. The second-order valence-corrected chi connectivity index (χ2v) is 5.46. The number of anilines is 1. The molecule has 1 aromatic carbocycles. The van der Waals surface area contributed by atoms with Crippen molar-refractivity contribution >= 4 is 29.1 Å². The fraction of sp³-hybridized carbons (Fsp3) is 0.333. The van der Waals surface area contributed by atoms with Gasteiger partial charge in [-0.2, -0.15) is 5.10 Å². The summed E-state index contributed by atoms with van der Waals surface area (Å²) in [6.45, 7) is 3.62. The largest absolute Gasteiger partial charge is 0.467 e. The highest BCUT2D eigenvalue weighted by Crippen LogP contribution is 2.27. The number of aryl methyl sites for hydroxylation is 1. The van der Waals surface area contributed by atoms with Crippen LogP contribution < -0.4 is 5.01 Å². The number of rotatable bonds is 5. The maximum absolute atomic E-state index is 12.3. The van der Waals surface area contributed by atoms with Gasteiger partial charge >= 0.3 is 11.9 Å². The summed E-state index contributed by atoms with van der Waals surface area (Å²) in [6.07, 6.45) is 1.51. The second-order valence-electron chi connectivity index (χ2n) is 5.46. The predicted molar refractivity (Wildman–Crippen MR) is 92.3 cm³/mol. The number of methoxy groups -OCH3 is 2. The lowest BCUT2D eigenvalue weighted by atomic mass is 10.00. The minimum absolute atomic E-state index is 0.00160. The van der Waals surface area contributed by atoms with Crippen LogP contribution in [0.4, 0.5) is 5.69 Å². The highest BCUT2D eigenvalue weighted by atomic mass is 16.5. The van der Waals surface area contributed by atoms with Crippen LogP contribution >= 0.6 is 0 Å². The van der Waals surface area contributed by atoms with E-state index in [4.69, 9.17) is 9.47 Å². The van der Waals surface area contributed by atoms with Gasteiger partial charge in [-0.05, 0) is 25.1 Å². The number of benzene rings is 1. The number of carbonyl (C=O) groups is 3. The monoisotopic (exact) mass is 344 g/mol. The van der Waals surface area contributed by atoms with E-state index in [2.05, 4.69) is 5.10 Å². The minimum atomic E-state index is -1.13. The maximum Gasteiger partial charge on any atom is 0.336 e. The van der Waals surface area contributed by atoms with Gasteiger partial charge in [0.05, 0.1) is 25.5 Å². The van der Waals surface area contributed by atoms with E-state index in [9.17, 15) is 14.4 Å². The zero-order valence-electron chi connectivity index (χ0n) is 14.6. The smallest absolute Gasteiger partial charge is 0.336 e. The Hall–Kier alpha value is -2.96. The van der Waals surface area contributed by atoms with E-state index in [1.165, 1.54) is 25.3 Å². The van der Waals surface area contributed by atoms with Crippen molar-refractivity contribution in [2.45, 2.75) is 26.3 Å². The lowest BCUT2D eigenvalue weighted by Gasteiger charge is -2.31. The molecule has 7 nitrogen and oxygen atoms in total. The number of allylic oxidation sites excluding steroid dienone is 1. The number of ketones is 1.